The van der Waals surface area contributed by atoms with Crippen LogP contribution in [0.15, 0.2) is 4.47 Å². The quantitative estimate of drug-likeness (QED) is 0.905. The van der Waals surface area contributed by atoms with Gasteiger partial charge in [-0.15, -0.1) is 5.10 Å². The molecule has 84 valence electrons. The molecular weight excluding hydrogens is 266 g/mol. The molecule has 1 aromatic heterocycles. The number of amides is 1. The summed E-state index contributed by atoms with van der Waals surface area (Å²) in [5.74, 6) is 0.450. The molecule has 0 aliphatic rings. The Morgan fingerprint density at radius 2 is 2.33 bits per heavy atom. The van der Waals surface area contributed by atoms with Crippen LogP contribution in [-0.2, 0) is 13.6 Å². The van der Waals surface area contributed by atoms with Crippen LogP contribution in [0.1, 0.15) is 5.69 Å². The van der Waals surface area contributed by atoms with Crippen molar-refractivity contribution in [1.29, 1.82) is 0 Å². The maximum absolute atomic E-state index is 10.7. The molecule has 0 atom stereocenters. The van der Waals surface area contributed by atoms with Crippen LogP contribution >= 0.6 is 15.9 Å². The summed E-state index contributed by atoms with van der Waals surface area (Å²) in [4.78, 5) is 11.8. The van der Waals surface area contributed by atoms with E-state index in [4.69, 9.17) is 9.84 Å². The SMILES string of the molecule is COc1nn(C)c(CN(C)C(=O)O)c1Br. The lowest BCUT2D eigenvalue weighted by molar-refractivity contribution is 0.152. The zero-order valence-corrected chi connectivity index (χ0v) is 10.3. The molecule has 7 heteroatoms. The van der Waals surface area contributed by atoms with Crippen LogP contribution in [0.3, 0.4) is 0 Å². The highest BCUT2D eigenvalue weighted by Gasteiger charge is 2.17. The summed E-state index contributed by atoms with van der Waals surface area (Å²) in [5, 5.41) is 12.8. The Morgan fingerprint density at radius 3 is 2.73 bits per heavy atom. The zero-order valence-electron chi connectivity index (χ0n) is 8.69. The van der Waals surface area contributed by atoms with E-state index in [1.54, 1.807) is 11.7 Å². The van der Waals surface area contributed by atoms with E-state index in [0.29, 0.717) is 10.4 Å². The predicted molar refractivity (Wildman–Crippen MR) is 57.0 cm³/mol. The predicted octanol–water partition coefficient (Wildman–Crippen LogP) is 1.30. The van der Waals surface area contributed by atoms with Crippen molar-refractivity contribution in [1.82, 2.24) is 14.7 Å². The van der Waals surface area contributed by atoms with Crippen molar-refractivity contribution in [2.24, 2.45) is 7.05 Å². The van der Waals surface area contributed by atoms with E-state index in [0.717, 1.165) is 5.69 Å². The summed E-state index contributed by atoms with van der Waals surface area (Å²) in [6, 6.07) is 0. The minimum atomic E-state index is -0.984. The van der Waals surface area contributed by atoms with E-state index in [1.165, 1.54) is 19.1 Å². The molecule has 1 N–H and O–H groups in total. The third-order valence-corrected chi connectivity index (χ3v) is 2.78. The molecule has 0 unspecified atom stereocenters. The first-order valence-corrected chi connectivity index (χ1v) is 4.96. The molecule has 1 amide bonds. The minimum absolute atomic E-state index is 0.253. The van der Waals surface area contributed by atoms with Gasteiger partial charge in [-0.3, -0.25) is 4.68 Å². The highest BCUT2D eigenvalue weighted by Crippen LogP contribution is 2.27. The molecule has 0 aromatic carbocycles. The molecule has 1 rings (SSSR count). The molecule has 1 aromatic rings. The van der Waals surface area contributed by atoms with Gasteiger partial charge < -0.3 is 14.7 Å². The van der Waals surface area contributed by atoms with Crippen LogP contribution in [0.4, 0.5) is 4.79 Å². The monoisotopic (exact) mass is 277 g/mol. The van der Waals surface area contributed by atoms with Gasteiger partial charge in [0.25, 0.3) is 0 Å². The van der Waals surface area contributed by atoms with Crippen LogP contribution in [0.25, 0.3) is 0 Å². The molecule has 0 aliphatic heterocycles. The van der Waals surface area contributed by atoms with E-state index >= 15 is 0 Å². The van der Waals surface area contributed by atoms with E-state index < -0.39 is 6.09 Å². The fourth-order valence-corrected chi connectivity index (χ4v) is 1.72. The fraction of sp³-hybridized carbons (Fsp3) is 0.500. The first-order valence-electron chi connectivity index (χ1n) is 4.16. The lowest BCUT2D eigenvalue weighted by Gasteiger charge is -2.12. The summed E-state index contributed by atoms with van der Waals surface area (Å²) < 4.78 is 7.27. The fourth-order valence-electron chi connectivity index (χ4n) is 1.10. The Labute approximate surface area is 95.6 Å². The first kappa shape index (κ1) is 11.8. The maximum Gasteiger partial charge on any atom is 0.407 e. The number of halogens is 1. The highest BCUT2D eigenvalue weighted by atomic mass is 79.9. The normalized spacial score (nSPS) is 10.1. The Kier molecular flexibility index (Phi) is 3.57. The summed E-state index contributed by atoms with van der Waals surface area (Å²) in [6.45, 7) is 0.253. The average Bonchev–Trinajstić information content (AvgIpc) is 2.44. The Hall–Kier alpha value is -1.24. The molecule has 1 heterocycles. The van der Waals surface area contributed by atoms with Gasteiger partial charge in [-0.05, 0) is 15.9 Å². The zero-order chi connectivity index (χ0) is 11.6. The number of aromatic nitrogens is 2. The molecule has 0 aliphatic carbocycles. The smallest absolute Gasteiger partial charge is 0.407 e. The first-order chi connectivity index (χ1) is 6.97. The van der Waals surface area contributed by atoms with Crippen LogP contribution in [0, 0.1) is 0 Å². The largest absolute Gasteiger partial charge is 0.479 e. The second kappa shape index (κ2) is 4.52. The number of methoxy groups -OCH3 is 1. The standard InChI is InChI=1S/C8H12BrN3O3/c1-11(8(13)14)4-5-6(9)7(15-3)10-12(5)2/h4H2,1-3H3,(H,13,14). The molecule has 0 bridgehead atoms. The van der Waals surface area contributed by atoms with E-state index in [-0.39, 0.29) is 6.54 Å². The highest BCUT2D eigenvalue weighted by molar-refractivity contribution is 9.10. The van der Waals surface area contributed by atoms with Crippen molar-refractivity contribution in [3.05, 3.63) is 10.2 Å². The molecule has 15 heavy (non-hydrogen) atoms. The van der Waals surface area contributed by atoms with Gasteiger partial charge in [-0.1, -0.05) is 0 Å². The minimum Gasteiger partial charge on any atom is -0.479 e. The van der Waals surface area contributed by atoms with Crippen LogP contribution in [0.5, 0.6) is 5.88 Å². The molecule has 6 nitrogen and oxygen atoms in total. The van der Waals surface area contributed by atoms with E-state index in [1.807, 2.05) is 0 Å². The lowest BCUT2D eigenvalue weighted by Crippen LogP contribution is -2.25. The summed E-state index contributed by atoms with van der Waals surface area (Å²) >= 11 is 3.31. The molecule has 0 saturated heterocycles. The second-order valence-corrected chi connectivity index (χ2v) is 3.83. The van der Waals surface area contributed by atoms with Gasteiger partial charge in [-0.2, -0.15) is 0 Å². The van der Waals surface area contributed by atoms with Crippen molar-refractivity contribution in [2.75, 3.05) is 14.2 Å². The number of carboxylic acid groups (broad SMARTS) is 1. The van der Waals surface area contributed by atoms with Gasteiger partial charge in [0.1, 0.15) is 4.47 Å². The average molecular weight is 278 g/mol. The van der Waals surface area contributed by atoms with Crippen molar-refractivity contribution in [3.63, 3.8) is 0 Å². The lowest BCUT2D eigenvalue weighted by atomic mass is 10.4. The number of rotatable bonds is 3. The molecule has 0 saturated carbocycles. The number of nitrogens with zero attached hydrogens (tertiary/aromatic N) is 3. The molecule has 0 spiro atoms. The number of carbonyl (C=O) groups is 1. The third-order valence-electron chi connectivity index (χ3n) is 1.98. The number of hydrogen-bond donors (Lipinski definition) is 1. The van der Waals surface area contributed by atoms with Gasteiger partial charge in [0.05, 0.1) is 19.3 Å². The van der Waals surface area contributed by atoms with Gasteiger partial charge in [0.15, 0.2) is 0 Å². The molecular formula is C8H12BrN3O3. The van der Waals surface area contributed by atoms with Crippen molar-refractivity contribution >= 4 is 22.0 Å². The van der Waals surface area contributed by atoms with E-state index in [2.05, 4.69) is 21.0 Å². The maximum atomic E-state index is 10.7. The third kappa shape index (κ3) is 2.41. The van der Waals surface area contributed by atoms with Crippen LogP contribution < -0.4 is 4.74 Å². The Morgan fingerprint density at radius 1 is 1.73 bits per heavy atom. The number of aryl methyl sites for hydroxylation is 1. The van der Waals surface area contributed by atoms with Gasteiger partial charge in [0.2, 0.25) is 5.88 Å². The Bertz CT molecular complexity index is 377. The van der Waals surface area contributed by atoms with Gasteiger partial charge in [0, 0.05) is 14.1 Å². The van der Waals surface area contributed by atoms with Crippen LogP contribution in [-0.4, -0.2) is 40.0 Å². The molecule has 0 fully saturated rings. The van der Waals surface area contributed by atoms with Gasteiger partial charge >= 0.3 is 6.09 Å². The summed E-state index contributed by atoms with van der Waals surface area (Å²) in [5.41, 5.74) is 0.747. The number of hydrogen-bond acceptors (Lipinski definition) is 3. The van der Waals surface area contributed by atoms with Gasteiger partial charge in [-0.25, -0.2) is 4.79 Å². The second-order valence-electron chi connectivity index (χ2n) is 3.03. The van der Waals surface area contributed by atoms with Crippen LogP contribution in [0.2, 0.25) is 0 Å². The summed E-state index contributed by atoms with van der Waals surface area (Å²) in [6.07, 6.45) is -0.984. The van der Waals surface area contributed by atoms with E-state index in [9.17, 15) is 4.79 Å². The number of ether oxygens (including phenoxy) is 1. The molecule has 0 radical (unpaired) electrons. The van der Waals surface area contributed by atoms with Crippen molar-refractivity contribution in [3.8, 4) is 5.88 Å². The Balaban J connectivity index is 2.94. The topological polar surface area (TPSA) is 67.6 Å². The van der Waals surface area contributed by atoms with Crippen molar-refractivity contribution < 1.29 is 14.6 Å². The van der Waals surface area contributed by atoms with Crippen molar-refractivity contribution in [2.45, 2.75) is 6.54 Å². The summed E-state index contributed by atoms with van der Waals surface area (Å²) in [7, 11) is 4.74.